The summed E-state index contributed by atoms with van der Waals surface area (Å²) in [5, 5.41) is 9.44. The molecular formula is C9H13ClN2O. The molecule has 1 aromatic heterocycles. The molecule has 3 N–H and O–H groups in total. The second-order valence-electron chi connectivity index (χ2n) is 2.95. The lowest BCUT2D eigenvalue weighted by molar-refractivity contribution is 0.267. The van der Waals surface area contributed by atoms with E-state index in [4.69, 9.17) is 22.4 Å². The molecule has 0 saturated heterocycles. The van der Waals surface area contributed by atoms with Crippen LogP contribution in [0.2, 0.25) is 5.15 Å². The number of rotatable bonds is 3. The van der Waals surface area contributed by atoms with Gasteiger partial charge in [-0.1, -0.05) is 17.7 Å². The van der Waals surface area contributed by atoms with Crippen LogP contribution in [-0.2, 0) is 0 Å². The predicted molar refractivity (Wildman–Crippen MR) is 52.9 cm³/mol. The highest BCUT2D eigenvalue weighted by atomic mass is 35.5. The van der Waals surface area contributed by atoms with E-state index in [2.05, 4.69) is 4.98 Å². The van der Waals surface area contributed by atoms with Crippen molar-refractivity contribution in [3.63, 3.8) is 0 Å². The van der Waals surface area contributed by atoms with Gasteiger partial charge in [0.15, 0.2) is 0 Å². The number of nitrogens with two attached hydrogens (primary N) is 1. The zero-order chi connectivity index (χ0) is 9.84. The second kappa shape index (κ2) is 4.56. The van der Waals surface area contributed by atoms with Crippen LogP contribution in [0.4, 0.5) is 0 Å². The Bertz CT molecular complexity index is 287. The van der Waals surface area contributed by atoms with E-state index in [1.807, 2.05) is 19.1 Å². The number of hydrogen-bond donors (Lipinski definition) is 2. The van der Waals surface area contributed by atoms with Gasteiger partial charge in [0, 0.05) is 18.2 Å². The summed E-state index contributed by atoms with van der Waals surface area (Å²) in [5.74, 6) is -0.111. The first kappa shape index (κ1) is 10.4. The fraction of sp³-hybridized carbons (Fsp3) is 0.444. The number of aryl methyl sites for hydroxylation is 1. The number of nitrogens with zero attached hydrogens (tertiary/aromatic N) is 1. The summed E-state index contributed by atoms with van der Waals surface area (Å²) in [6.45, 7) is 2.24. The number of pyridine rings is 1. The molecule has 0 amide bonds. The maximum atomic E-state index is 9.01. The molecule has 1 unspecified atom stereocenters. The second-order valence-corrected chi connectivity index (χ2v) is 3.31. The van der Waals surface area contributed by atoms with Gasteiger partial charge in [0.25, 0.3) is 0 Å². The topological polar surface area (TPSA) is 59.1 Å². The van der Waals surface area contributed by atoms with Crippen LogP contribution in [0, 0.1) is 6.92 Å². The van der Waals surface area contributed by atoms with E-state index in [0.717, 1.165) is 11.3 Å². The molecule has 0 saturated carbocycles. The molecule has 0 spiro atoms. The van der Waals surface area contributed by atoms with E-state index in [0.29, 0.717) is 11.7 Å². The highest BCUT2D eigenvalue weighted by Gasteiger charge is 2.12. The smallest absolute Gasteiger partial charge is 0.132 e. The lowest BCUT2D eigenvalue weighted by Gasteiger charge is -2.12. The number of aliphatic hydroxyl groups excluding tert-OH is 1. The van der Waals surface area contributed by atoms with Crippen molar-refractivity contribution >= 4 is 11.6 Å². The van der Waals surface area contributed by atoms with Crippen LogP contribution in [0.1, 0.15) is 17.2 Å². The van der Waals surface area contributed by atoms with E-state index in [9.17, 15) is 0 Å². The molecule has 1 atom stereocenters. The predicted octanol–water partition coefficient (Wildman–Crippen LogP) is 1.08. The van der Waals surface area contributed by atoms with E-state index in [-0.39, 0.29) is 12.5 Å². The first-order valence-corrected chi connectivity index (χ1v) is 4.50. The summed E-state index contributed by atoms with van der Waals surface area (Å²) in [7, 11) is 0. The van der Waals surface area contributed by atoms with Crippen molar-refractivity contribution in [1.82, 2.24) is 4.98 Å². The Labute approximate surface area is 82.5 Å². The average molecular weight is 201 g/mol. The van der Waals surface area contributed by atoms with Crippen LogP contribution in [0.3, 0.4) is 0 Å². The highest BCUT2D eigenvalue weighted by molar-refractivity contribution is 6.30. The minimum atomic E-state index is -0.111. The molecule has 0 aliphatic heterocycles. The molecule has 1 aromatic rings. The Morgan fingerprint density at radius 2 is 2.31 bits per heavy atom. The third-order valence-corrected chi connectivity index (χ3v) is 2.26. The van der Waals surface area contributed by atoms with Crippen molar-refractivity contribution in [2.75, 3.05) is 13.2 Å². The monoisotopic (exact) mass is 200 g/mol. The molecule has 1 rings (SSSR count). The van der Waals surface area contributed by atoms with Crippen molar-refractivity contribution in [3.05, 3.63) is 28.5 Å². The molecule has 0 aliphatic carbocycles. The van der Waals surface area contributed by atoms with E-state index in [1.54, 1.807) is 0 Å². The average Bonchev–Trinajstić information content (AvgIpc) is 2.10. The third kappa shape index (κ3) is 2.40. The molecule has 0 aliphatic rings. The summed E-state index contributed by atoms with van der Waals surface area (Å²) >= 11 is 5.90. The fourth-order valence-corrected chi connectivity index (χ4v) is 1.49. The van der Waals surface area contributed by atoms with Crippen molar-refractivity contribution < 1.29 is 5.11 Å². The van der Waals surface area contributed by atoms with Crippen LogP contribution in [-0.4, -0.2) is 23.2 Å². The molecule has 0 aromatic carbocycles. The van der Waals surface area contributed by atoms with Crippen molar-refractivity contribution in [3.8, 4) is 0 Å². The fourth-order valence-electron chi connectivity index (χ4n) is 1.14. The van der Waals surface area contributed by atoms with Crippen molar-refractivity contribution in [1.29, 1.82) is 0 Å². The molecular weight excluding hydrogens is 188 g/mol. The summed E-state index contributed by atoms with van der Waals surface area (Å²) in [5.41, 5.74) is 7.16. The van der Waals surface area contributed by atoms with Crippen molar-refractivity contribution in [2.24, 2.45) is 5.73 Å². The number of aliphatic hydroxyl groups is 1. The van der Waals surface area contributed by atoms with Gasteiger partial charge in [-0.05, 0) is 18.6 Å². The Hall–Kier alpha value is -0.640. The SMILES string of the molecule is Cc1ccc(C(CN)CO)c(Cl)n1. The molecule has 72 valence electrons. The largest absolute Gasteiger partial charge is 0.396 e. The Morgan fingerprint density at radius 1 is 1.62 bits per heavy atom. The Balaban J connectivity index is 2.99. The summed E-state index contributed by atoms with van der Waals surface area (Å²) in [6, 6.07) is 3.72. The van der Waals surface area contributed by atoms with Gasteiger partial charge in [0.1, 0.15) is 5.15 Å². The zero-order valence-corrected chi connectivity index (χ0v) is 8.25. The van der Waals surface area contributed by atoms with E-state index < -0.39 is 0 Å². The maximum Gasteiger partial charge on any atom is 0.132 e. The van der Waals surface area contributed by atoms with Crippen molar-refractivity contribution in [2.45, 2.75) is 12.8 Å². The summed E-state index contributed by atoms with van der Waals surface area (Å²) in [4.78, 5) is 4.09. The molecule has 0 fully saturated rings. The van der Waals surface area contributed by atoms with Gasteiger partial charge in [0.2, 0.25) is 0 Å². The molecule has 3 nitrogen and oxygen atoms in total. The number of hydrogen-bond acceptors (Lipinski definition) is 3. The van der Waals surface area contributed by atoms with Gasteiger partial charge in [-0.3, -0.25) is 0 Å². The molecule has 4 heteroatoms. The van der Waals surface area contributed by atoms with E-state index in [1.165, 1.54) is 0 Å². The maximum absolute atomic E-state index is 9.01. The highest BCUT2D eigenvalue weighted by Crippen LogP contribution is 2.21. The standard InChI is InChI=1S/C9H13ClN2O/c1-6-2-3-8(9(10)12-6)7(4-11)5-13/h2-3,7,13H,4-5,11H2,1H3. The Morgan fingerprint density at radius 3 is 2.77 bits per heavy atom. The summed E-state index contributed by atoms with van der Waals surface area (Å²) in [6.07, 6.45) is 0. The summed E-state index contributed by atoms with van der Waals surface area (Å²) < 4.78 is 0. The number of halogens is 1. The molecule has 0 radical (unpaired) electrons. The van der Waals surface area contributed by atoms with Gasteiger partial charge in [-0.15, -0.1) is 0 Å². The van der Waals surface area contributed by atoms with Gasteiger partial charge in [0.05, 0.1) is 6.61 Å². The minimum Gasteiger partial charge on any atom is -0.396 e. The number of aromatic nitrogens is 1. The molecule has 1 heterocycles. The van der Waals surface area contributed by atoms with Gasteiger partial charge >= 0.3 is 0 Å². The molecule has 0 bridgehead atoms. The zero-order valence-electron chi connectivity index (χ0n) is 7.50. The Kier molecular flexibility index (Phi) is 3.66. The minimum absolute atomic E-state index is 0.000953. The normalized spacial score (nSPS) is 12.9. The third-order valence-electron chi connectivity index (χ3n) is 1.96. The van der Waals surface area contributed by atoms with Gasteiger partial charge < -0.3 is 10.8 Å². The first-order chi connectivity index (χ1) is 6.19. The van der Waals surface area contributed by atoms with Crippen LogP contribution >= 0.6 is 11.6 Å². The first-order valence-electron chi connectivity index (χ1n) is 4.13. The quantitative estimate of drug-likeness (QED) is 0.718. The van der Waals surface area contributed by atoms with Crippen LogP contribution < -0.4 is 5.73 Å². The van der Waals surface area contributed by atoms with Gasteiger partial charge in [-0.2, -0.15) is 0 Å². The van der Waals surface area contributed by atoms with E-state index >= 15 is 0 Å². The lowest BCUT2D eigenvalue weighted by atomic mass is 10.0. The van der Waals surface area contributed by atoms with Gasteiger partial charge in [-0.25, -0.2) is 4.98 Å². The molecule has 13 heavy (non-hydrogen) atoms. The van der Waals surface area contributed by atoms with Crippen LogP contribution in [0.15, 0.2) is 12.1 Å². The lowest BCUT2D eigenvalue weighted by Crippen LogP contribution is -2.16. The van der Waals surface area contributed by atoms with Crippen LogP contribution in [0.5, 0.6) is 0 Å². The van der Waals surface area contributed by atoms with Crippen LogP contribution in [0.25, 0.3) is 0 Å².